The monoisotopic (exact) mass is 268 g/mol. The van der Waals surface area contributed by atoms with E-state index in [1.165, 1.54) is 12.1 Å². The predicted molar refractivity (Wildman–Crippen MR) is 72.4 cm³/mol. The number of hydrogen-bond acceptors (Lipinski definition) is 2. The van der Waals surface area contributed by atoms with Gasteiger partial charge in [-0.05, 0) is 37.0 Å². The second-order valence-corrected chi connectivity index (χ2v) is 4.41. The summed E-state index contributed by atoms with van der Waals surface area (Å²) in [6, 6.07) is 6.05. The van der Waals surface area contributed by atoms with E-state index in [0.29, 0.717) is 32.4 Å². The van der Waals surface area contributed by atoms with Crippen LogP contribution in [-0.2, 0) is 6.42 Å². The first kappa shape index (κ1) is 15.4. The third kappa shape index (κ3) is 6.76. The Balaban J connectivity index is 2.13. The molecule has 1 aromatic carbocycles. The van der Waals surface area contributed by atoms with Gasteiger partial charge in [0.15, 0.2) is 0 Å². The smallest absolute Gasteiger partial charge is 0.314 e. The average Bonchev–Trinajstić information content (AvgIpc) is 2.38. The lowest BCUT2D eigenvalue weighted by Gasteiger charge is -2.10. The van der Waals surface area contributed by atoms with Crippen molar-refractivity contribution in [3.63, 3.8) is 0 Å². The zero-order chi connectivity index (χ0) is 14.1. The fourth-order valence-electron chi connectivity index (χ4n) is 1.63. The maximum Gasteiger partial charge on any atom is 0.314 e. The number of aliphatic hydroxyl groups excluding tert-OH is 1. The van der Waals surface area contributed by atoms with Crippen LogP contribution < -0.4 is 10.6 Å². The Morgan fingerprint density at radius 1 is 1.37 bits per heavy atom. The van der Waals surface area contributed by atoms with Crippen molar-refractivity contribution < 1.29 is 14.3 Å². The summed E-state index contributed by atoms with van der Waals surface area (Å²) in [5.41, 5.74) is 0.849. The van der Waals surface area contributed by atoms with Gasteiger partial charge in [-0.25, -0.2) is 9.18 Å². The average molecular weight is 268 g/mol. The largest absolute Gasteiger partial charge is 0.393 e. The summed E-state index contributed by atoms with van der Waals surface area (Å²) in [5, 5.41) is 14.7. The van der Waals surface area contributed by atoms with Crippen LogP contribution in [-0.4, -0.2) is 30.3 Å². The number of hydrogen-bond donors (Lipinski definition) is 3. The van der Waals surface area contributed by atoms with E-state index in [1.807, 2.05) is 13.0 Å². The molecule has 2 amide bonds. The van der Waals surface area contributed by atoms with Gasteiger partial charge in [0, 0.05) is 13.1 Å². The molecule has 1 unspecified atom stereocenters. The van der Waals surface area contributed by atoms with E-state index in [0.717, 1.165) is 5.56 Å². The van der Waals surface area contributed by atoms with E-state index < -0.39 is 0 Å². The van der Waals surface area contributed by atoms with Crippen LogP contribution in [0, 0.1) is 5.82 Å². The molecule has 19 heavy (non-hydrogen) atoms. The Labute approximate surface area is 113 Å². The molecular weight excluding hydrogens is 247 g/mol. The van der Waals surface area contributed by atoms with Gasteiger partial charge in [-0.1, -0.05) is 19.1 Å². The van der Waals surface area contributed by atoms with Crippen LogP contribution in [0.15, 0.2) is 24.3 Å². The summed E-state index contributed by atoms with van der Waals surface area (Å²) < 4.78 is 12.9. The highest BCUT2D eigenvalue weighted by molar-refractivity contribution is 5.73. The van der Waals surface area contributed by atoms with Gasteiger partial charge in [0.25, 0.3) is 0 Å². The molecule has 0 aliphatic carbocycles. The molecule has 0 saturated carbocycles. The Bertz CT molecular complexity index is 399. The van der Waals surface area contributed by atoms with E-state index >= 15 is 0 Å². The Morgan fingerprint density at radius 3 is 2.79 bits per heavy atom. The predicted octanol–water partition coefficient (Wildman–Crippen LogP) is 1.83. The quantitative estimate of drug-likeness (QED) is 0.706. The van der Waals surface area contributed by atoms with E-state index in [1.54, 1.807) is 6.07 Å². The maximum atomic E-state index is 12.9. The Kier molecular flexibility index (Phi) is 6.89. The van der Waals surface area contributed by atoms with Crippen molar-refractivity contribution in [3.8, 4) is 0 Å². The Morgan fingerprint density at radius 2 is 2.11 bits per heavy atom. The third-order valence-electron chi connectivity index (χ3n) is 2.82. The van der Waals surface area contributed by atoms with Crippen molar-refractivity contribution in [2.24, 2.45) is 0 Å². The summed E-state index contributed by atoms with van der Waals surface area (Å²) >= 11 is 0. The van der Waals surface area contributed by atoms with Crippen LogP contribution in [0.2, 0.25) is 0 Å². The molecule has 0 bridgehead atoms. The molecule has 0 aromatic heterocycles. The fourth-order valence-corrected chi connectivity index (χ4v) is 1.63. The first-order valence-electron chi connectivity index (χ1n) is 6.56. The molecule has 5 heteroatoms. The van der Waals surface area contributed by atoms with Crippen molar-refractivity contribution in [1.82, 2.24) is 10.6 Å². The number of amides is 2. The van der Waals surface area contributed by atoms with Crippen LogP contribution in [0.5, 0.6) is 0 Å². The molecule has 0 radical (unpaired) electrons. The molecule has 1 rings (SSSR count). The highest BCUT2D eigenvalue weighted by Crippen LogP contribution is 2.03. The van der Waals surface area contributed by atoms with Gasteiger partial charge in [-0.3, -0.25) is 0 Å². The summed E-state index contributed by atoms with van der Waals surface area (Å²) in [4.78, 5) is 11.4. The van der Waals surface area contributed by atoms with Gasteiger partial charge in [-0.2, -0.15) is 0 Å². The number of rotatable bonds is 7. The minimum absolute atomic E-state index is 0.264. The van der Waals surface area contributed by atoms with Crippen molar-refractivity contribution >= 4 is 6.03 Å². The molecule has 4 nitrogen and oxygen atoms in total. The molecule has 0 saturated heterocycles. The van der Waals surface area contributed by atoms with Crippen LogP contribution in [0.1, 0.15) is 25.3 Å². The molecule has 106 valence electrons. The van der Waals surface area contributed by atoms with Crippen molar-refractivity contribution in [3.05, 3.63) is 35.6 Å². The Hall–Kier alpha value is -1.62. The van der Waals surface area contributed by atoms with Gasteiger partial charge in [0.2, 0.25) is 0 Å². The van der Waals surface area contributed by atoms with Crippen LogP contribution in [0.3, 0.4) is 0 Å². The minimum atomic E-state index is -0.368. The second-order valence-electron chi connectivity index (χ2n) is 4.41. The zero-order valence-electron chi connectivity index (χ0n) is 11.2. The van der Waals surface area contributed by atoms with Crippen LogP contribution in [0.4, 0.5) is 9.18 Å². The number of aliphatic hydroxyl groups is 1. The zero-order valence-corrected chi connectivity index (χ0v) is 11.2. The second kappa shape index (κ2) is 8.48. The number of nitrogens with one attached hydrogen (secondary N) is 2. The molecule has 0 spiro atoms. The third-order valence-corrected chi connectivity index (χ3v) is 2.82. The number of carbonyl (C=O) groups excluding carboxylic acids is 1. The fraction of sp³-hybridized carbons (Fsp3) is 0.500. The number of benzene rings is 1. The van der Waals surface area contributed by atoms with Crippen molar-refractivity contribution in [1.29, 1.82) is 0 Å². The normalized spacial score (nSPS) is 11.9. The van der Waals surface area contributed by atoms with Gasteiger partial charge in [0.1, 0.15) is 5.82 Å². The minimum Gasteiger partial charge on any atom is -0.393 e. The summed E-state index contributed by atoms with van der Waals surface area (Å²) in [6.45, 7) is 2.79. The molecule has 1 aromatic rings. The molecule has 0 fully saturated rings. The SMILES string of the molecule is CCC(O)CCNC(=O)NCCc1cccc(F)c1. The van der Waals surface area contributed by atoms with Crippen LogP contribution >= 0.6 is 0 Å². The van der Waals surface area contributed by atoms with Crippen LogP contribution in [0.25, 0.3) is 0 Å². The van der Waals surface area contributed by atoms with Gasteiger partial charge in [-0.15, -0.1) is 0 Å². The number of carbonyl (C=O) groups is 1. The van der Waals surface area contributed by atoms with Gasteiger partial charge < -0.3 is 15.7 Å². The number of urea groups is 1. The molecule has 3 N–H and O–H groups in total. The molecular formula is C14H21FN2O2. The first-order valence-corrected chi connectivity index (χ1v) is 6.56. The molecule has 0 aliphatic heterocycles. The van der Waals surface area contributed by atoms with Crippen molar-refractivity contribution in [2.45, 2.75) is 32.3 Å². The summed E-state index contributed by atoms with van der Waals surface area (Å²) in [7, 11) is 0. The highest BCUT2D eigenvalue weighted by atomic mass is 19.1. The highest BCUT2D eigenvalue weighted by Gasteiger charge is 2.03. The van der Waals surface area contributed by atoms with Gasteiger partial charge in [0.05, 0.1) is 6.10 Å². The van der Waals surface area contributed by atoms with Gasteiger partial charge >= 0.3 is 6.03 Å². The first-order chi connectivity index (χ1) is 9.11. The lowest BCUT2D eigenvalue weighted by Crippen LogP contribution is -2.37. The molecule has 0 aliphatic rings. The maximum absolute atomic E-state index is 12.9. The molecule has 1 atom stereocenters. The number of halogens is 1. The molecule has 0 heterocycles. The topological polar surface area (TPSA) is 61.4 Å². The summed E-state index contributed by atoms with van der Waals surface area (Å²) in [6.07, 6.45) is 1.45. The van der Waals surface area contributed by atoms with E-state index in [9.17, 15) is 14.3 Å². The van der Waals surface area contributed by atoms with Crippen molar-refractivity contribution in [2.75, 3.05) is 13.1 Å². The lowest BCUT2D eigenvalue weighted by molar-refractivity contribution is 0.160. The van der Waals surface area contributed by atoms with E-state index in [4.69, 9.17) is 0 Å². The standard InChI is InChI=1S/C14H21FN2O2/c1-2-13(18)7-9-17-14(19)16-8-6-11-4-3-5-12(15)10-11/h3-5,10,13,18H,2,6-9H2,1H3,(H2,16,17,19). The van der Waals surface area contributed by atoms with E-state index in [-0.39, 0.29) is 18.0 Å². The van der Waals surface area contributed by atoms with E-state index in [2.05, 4.69) is 10.6 Å². The lowest BCUT2D eigenvalue weighted by atomic mass is 10.1. The summed E-state index contributed by atoms with van der Waals surface area (Å²) in [5.74, 6) is -0.268.